The van der Waals surface area contributed by atoms with Gasteiger partial charge >= 0.3 is 0 Å². The standard InChI is InChI=1S/C15H16N2O2S/c1-2-18-13-5-3-4-6-14(13)19-10-8-15-17-11-12(20-15)7-9-16/h3-6,11H,2,7-8,10H2,1H3. The number of aromatic nitrogens is 1. The summed E-state index contributed by atoms with van der Waals surface area (Å²) in [6.45, 7) is 3.11. The molecule has 0 radical (unpaired) electrons. The number of nitrogens with zero attached hydrogens (tertiary/aromatic N) is 2. The quantitative estimate of drug-likeness (QED) is 0.785. The minimum atomic E-state index is 0.422. The molecule has 2 aromatic rings. The van der Waals surface area contributed by atoms with Gasteiger partial charge in [-0.2, -0.15) is 5.26 Å². The summed E-state index contributed by atoms with van der Waals surface area (Å²) >= 11 is 1.56. The van der Waals surface area contributed by atoms with Crippen LogP contribution in [-0.2, 0) is 12.8 Å². The summed E-state index contributed by atoms with van der Waals surface area (Å²) in [5.41, 5.74) is 0. The maximum atomic E-state index is 8.63. The van der Waals surface area contributed by atoms with Gasteiger partial charge < -0.3 is 9.47 Å². The molecular weight excluding hydrogens is 272 g/mol. The van der Waals surface area contributed by atoms with Gasteiger partial charge in [0.25, 0.3) is 0 Å². The highest BCUT2D eigenvalue weighted by Crippen LogP contribution is 2.26. The van der Waals surface area contributed by atoms with E-state index in [0.29, 0.717) is 19.6 Å². The van der Waals surface area contributed by atoms with Gasteiger partial charge in [-0.05, 0) is 19.1 Å². The van der Waals surface area contributed by atoms with E-state index in [4.69, 9.17) is 14.7 Å². The van der Waals surface area contributed by atoms with E-state index >= 15 is 0 Å². The Balaban J connectivity index is 1.87. The van der Waals surface area contributed by atoms with Gasteiger partial charge in [0, 0.05) is 17.5 Å². The fraction of sp³-hybridized carbons (Fsp3) is 0.333. The van der Waals surface area contributed by atoms with Crippen molar-refractivity contribution in [2.75, 3.05) is 13.2 Å². The van der Waals surface area contributed by atoms with E-state index in [2.05, 4.69) is 11.1 Å². The highest BCUT2D eigenvalue weighted by molar-refractivity contribution is 7.11. The van der Waals surface area contributed by atoms with Gasteiger partial charge in [-0.25, -0.2) is 4.98 Å². The molecule has 0 N–H and O–H groups in total. The van der Waals surface area contributed by atoms with Crippen LogP contribution in [0.4, 0.5) is 0 Å². The first-order valence-corrected chi connectivity index (χ1v) is 7.30. The molecule has 1 aromatic heterocycles. The van der Waals surface area contributed by atoms with E-state index in [1.54, 1.807) is 17.5 Å². The maximum Gasteiger partial charge on any atom is 0.161 e. The smallest absolute Gasteiger partial charge is 0.161 e. The van der Waals surface area contributed by atoms with E-state index in [0.717, 1.165) is 27.8 Å². The normalized spacial score (nSPS) is 10.0. The van der Waals surface area contributed by atoms with Crippen LogP contribution in [-0.4, -0.2) is 18.2 Å². The van der Waals surface area contributed by atoms with E-state index < -0.39 is 0 Å². The van der Waals surface area contributed by atoms with Crippen LogP contribution < -0.4 is 9.47 Å². The van der Waals surface area contributed by atoms with Crippen LogP contribution in [0.25, 0.3) is 0 Å². The van der Waals surface area contributed by atoms with Gasteiger partial charge in [0.15, 0.2) is 11.5 Å². The molecule has 0 aliphatic carbocycles. The van der Waals surface area contributed by atoms with Crippen molar-refractivity contribution < 1.29 is 9.47 Å². The lowest BCUT2D eigenvalue weighted by atomic mass is 10.3. The molecule has 1 aromatic carbocycles. The highest BCUT2D eigenvalue weighted by atomic mass is 32.1. The Morgan fingerprint density at radius 1 is 1.25 bits per heavy atom. The van der Waals surface area contributed by atoms with Crippen LogP contribution in [0.1, 0.15) is 16.8 Å². The molecule has 0 unspecified atom stereocenters. The van der Waals surface area contributed by atoms with Gasteiger partial charge in [-0.3, -0.25) is 0 Å². The third kappa shape index (κ3) is 3.97. The van der Waals surface area contributed by atoms with Gasteiger partial charge in [-0.1, -0.05) is 12.1 Å². The van der Waals surface area contributed by atoms with E-state index in [9.17, 15) is 0 Å². The van der Waals surface area contributed by atoms with Crippen molar-refractivity contribution in [3.05, 3.63) is 40.3 Å². The lowest BCUT2D eigenvalue weighted by molar-refractivity contribution is 0.279. The number of benzene rings is 1. The fourth-order valence-corrected chi connectivity index (χ4v) is 2.55. The molecule has 20 heavy (non-hydrogen) atoms. The second-order valence-electron chi connectivity index (χ2n) is 4.03. The molecule has 0 saturated carbocycles. The zero-order valence-electron chi connectivity index (χ0n) is 11.3. The molecule has 2 rings (SSSR count). The third-order valence-corrected chi connectivity index (χ3v) is 3.63. The monoisotopic (exact) mass is 288 g/mol. The first-order valence-electron chi connectivity index (χ1n) is 6.48. The summed E-state index contributed by atoms with van der Waals surface area (Å²) in [4.78, 5) is 5.28. The zero-order chi connectivity index (χ0) is 14.2. The summed E-state index contributed by atoms with van der Waals surface area (Å²) in [6, 6.07) is 9.76. The van der Waals surface area contributed by atoms with Crippen LogP contribution >= 0.6 is 11.3 Å². The lowest BCUT2D eigenvalue weighted by Gasteiger charge is -2.10. The van der Waals surface area contributed by atoms with E-state index in [1.807, 2.05) is 31.2 Å². The summed E-state index contributed by atoms with van der Waals surface area (Å²) < 4.78 is 11.2. The SMILES string of the molecule is CCOc1ccccc1OCCc1ncc(CC#N)s1. The van der Waals surface area contributed by atoms with Crippen LogP contribution in [0.3, 0.4) is 0 Å². The molecule has 0 fully saturated rings. The molecule has 0 spiro atoms. The molecule has 1 heterocycles. The van der Waals surface area contributed by atoms with Crippen molar-refractivity contribution in [2.45, 2.75) is 19.8 Å². The first-order chi connectivity index (χ1) is 9.83. The maximum absolute atomic E-state index is 8.63. The topological polar surface area (TPSA) is 55.1 Å². The van der Waals surface area contributed by atoms with Crippen molar-refractivity contribution in [1.82, 2.24) is 4.98 Å². The van der Waals surface area contributed by atoms with Crippen LogP contribution in [0, 0.1) is 11.3 Å². The average molecular weight is 288 g/mol. The van der Waals surface area contributed by atoms with Crippen molar-refractivity contribution in [3.63, 3.8) is 0 Å². The van der Waals surface area contributed by atoms with Gasteiger partial charge in [0.1, 0.15) is 0 Å². The second-order valence-corrected chi connectivity index (χ2v) is 5.23. The Labute approximate surface area is 122 Å². The molecule has 0 atom stereocenters. The molecule has 104 valence electrons. The Kier molecular flexibility index (Phi) is 5.39. The number of nitriles is 1. The van der Waals surface area contributed by atoms with Crippen LogP contribution in [0.5, 0.6) is 11.5 Å². The Morgan fingerprint density at radius 3 is 2.70 bits per heavy atom. The average Bonchev–Trinajstić information content (AvgIpc) is 2.89. The fourth-order valence-electron chi connectivity index (χ4n) is 1.72. The minimum Gasteiger partial charge on any atom is -0.490 e. The van der Waals surface area contributed by atoms with E-state index in [-0.39, 0.29) is 0 Å². The molecule has 0 saturated heterocycles. The minimum absolute atomic E-state index is 0.422. The molecule has 0 bridgehead atoms. The number of para-hydroxylation sites is 2. The number of hydrogen-bond donors (Lipinski definition) is 0. The Bertz CT molecular complexity index is 590. The molecule has 4 nitrogen and oxygen atoms in total. The first kappa shape index (κ1) is 14.4. The highest BCUT2D eigenvalue weighted by Gasteiger charge is 2.05. The van der Waals surface area contributed by atoms with Crippen molar-refractivity contribution in [2.24, 2.45) is 0 Å². The number of hydrogen-bond acceptors (Lipinski definition) is 5. The van der Waals surface area contributed by atoms with Gasteiger partial charge in [0.05, 0.1) is 30.7 Å². The molecule has 5 heteroatoms. The third-order valence-electron chi connectivity index (χ3n) is 2.58. The van der Waals surface area contributed by atoms with Crippen LogP contribution in [0.2, 0.25) is 0 Å². The van der Waals surface area contributed by atoms with Crippen molar-refractivity contribution in [3.8, 4) is 17.6 Å². The lowest BCUT2D eigenvalue weighted by Crippen LogP contribution is -2.03. The largest absolute Gasteiger partial charge is 0.490 e. The van der Waals surface area contributed by atoms with Gasteiger partial charge in [-0.15, -0.1) is 11.3 Å². The van der Waals surface area contributed by atoms with Crippen molar-refractivity contribution in [1.29, 1.82) is 5.26 Å². The molecule has 0 amide bonds. The van der Waals surface area contributed by atoms with Crippen LogP contribution in [0.15, 0.2) is 30.5 Å². The summed E-state index contributed by atoms with van der Waals surface area (Å²) in [6.07, 6.45) is 2.92. The Hall–Kier alpha value is -2.06. The number of thiazole rings is 1. The number of rotatable bonds is 7. The summed E-state index contributed by atoms with van der Waals surface area (Å²) in [5, 5.41) is 9.61. The van der Waals surface area contributed by atoms with Gasteiger partial charge in [0.2, 0.25) is 0 Å². The summed E-state index contributed by atoms with van der Waals surface area (Å²) in [7, 11) is 0. The summed E-state index contributed by atoms with van der Waals surface area (Å²) in [5.74, 6) is 1.52. The van der Waals surface area contributed by atoms with E-state index in [1.165, 1.54) is 0 Å². The predicted octanol–water partition coefficient (Wildman–Crippen LogP) is 3.23. The zero-order valence-corrected chi connectivity index (χ0v) is 12.2. The molecular formula is C15H16N2O2S. The number of ether oxygens (including phenoxy) is 2. The Morgan fingerprint density at radius 2 is 2.00 bits per heavy atom. The molecule has 0 aliphatic heterocycles. The molecule has 0 aliphatic rings. The second kappa shape index (κ2) is 7.51. The van der Waals surface area contributed by atoms with Crippen molar-refractivity contribution >= 4 is 11.3 Å². The predicted molar refractivity (Wildman–Crippen MR) is 78.2 cm³/mol.